The topological polar surface area (TPSA) is 26.8 Å². The number of hydrogen-bond donors (Lipinski definition) is 0. The highest BCUT2D eigenvalue weighted by Gasteiger charge is 2.28. The Bertz CT molecular complexity index is 305. The lowest BCUT2D eigenvalue weighted by Gasteiger charge is -2.41. The number of likely N-dealkylation sites (tertiary alicyclic amines) is 1. The van der Waals surface area contributed by atoms with Gasteiger partial charge in [-0.3, -0.25) is 4.79 Å². The van der Waals surface area contributed by atoms with Crippen molar-refractivity contribution in [3.8, 4) is 0 Å². The van der Waals surface area contributed by atoms with Crippen LogP contribution in [0.1, 0.15) is 33.6 Å². The van der Waals surface area contributed by atoms with Crippen LogP contribution in [-0.2, 0) is 4.79 Å². The molecule has 0 aromatic carbocycles. The van der Waals surface area contributed by atoms with Gasteiger partial charge in [-0.15, -0.1) is 0 Å². The van der Waals surface area contributed by atoms with Gasteiger partial charge in [0.25, 0.3) is 0 Å². The zero-order chi connectivity index (χ0) is 14.5. The van der Waals surface area contributed by atoms with E-state index in [1.165, 1.54) is 13.1 Å². The average molecular weight is 281 g/mol. The van der Waals surface area contributed by atoms with E-state index in [9.17, 15) is 4.79 Å². The second-order valence-corrected chi connectivity index (χ2v) is 6.68. The lowest BCUT2D eigenvalue weighted by Crippen LogP contribution is -2.50. The Kier molecular flexibility index (Phi) is 5.85. The van der Waals surface area contributed by atoms with Crippen LogP contribution in [0.5, 0.6) is 0 Å². The summed E-state index contributed by atoms with van der Waals surface area (Å²) < 4.78 is 0. The molecule has 0 radical (unpaired) electrons. The zero-order valence-corrected chi connectivity index (χ0v) is 13.5. The highest BCUT2D eigenvalue weighted by atomic mass is 16.2. The van der Waals surface area contributed by atoms with Crippen LogP contribution in [0.2, 0.25) is 0 Å². The molecule has 0 atom stereocenters. The summed E-state index contributed by atoms with van der Waals surface area (Å²) in [5.74, 6) is 2.05. The molecular formula is C16H31N3O. The van der Waals surface area contributed by atoms with Gasteiger partial charge in [0.15, 0.2) is 0 Å². The van der Waals surface area contributed by atoms with Crippen molar-refractivity contribution in [3.05, 3.63) is 0 Å². The number of hydrogen-bond acceptors (Lipinski definition) is 3. The molecular weight excluding hydrogens is 250 g/mol. The van der Waals surface area contributed by atoms with Crippen LogP contribution in [0.15, 0.2) is 0 Å². The van der Waals surface area contributed by atoms with Crippen LogP contribution >= 0.6 is 0 Å². The van der Waals surface area contributed by atoms with Crippen molar-refractivity contribution in [2.45, 2.75) is 33.6 Å². The highest BCUT2D eigenvalue weighted by Crippen LogP contribution is 2.23. The molecule has 116 valence electrons. The van der Waals surface area contributed by atoms with Gasteiger partial charge in [-0.25, -0.2) is 0 Å². The van der Waals surface area contributed by atoms with Crippen molar-refractivity contribution in [1.82, 2.24) is 14.7 Å². The number of nitrogens with zero attached hydrogens (tertiary/aromatic N) is 3. The van der Waals surface area contributed by atoms with Crippen molar-refractivity contribution < 1.29 is 4.79 Å². The molecule has 2 rings (SSSR count). The SMILES string of the molecule is CCN1CCN(C(=O)CCCN2CC(C(C)C)C2)CC1. The largest absolute Gasteiger partial charge is 0.340 e. The smallest absolute Gasteiger partial charge is 0.222 e. The van der Waals surface area contributed by atoms with Crippen molar-refractivity contribution in [3.63, 3.8) is 0 Å². The van der Waals surface area contributed by atoms with Gasteiger partial charge in [0.1, 0.15) is 0 Å². The van der Waals surface area contributed by atoms with Gasteiger partial charge in [0.05, 0.1) is 0 Å². The first kappa shape index (κ1) is 15.8. The molecule has 4 nitrogen and oxygen atoms in total. The predicted molar refractivity (Wildman–Crippen MR) is 82.7 cm³/mol. The summed E-state index contributed by atoms with van der Waals surface area (Å²) in [6, 6.07) is 0. The summed E-state index contributed by atoms with van der Waals surface area (Å²) in [4.78, 5) is 19.1. The second kappa shape index (κ2) is 7.41. The van der Waals surface area contributed by atoms with E-state index >= 15 is 0 Å². The molecule has 0 aromatic heterocycles. The van der Waals surface area contributed by atoms with Gasteiger partial charge in [-0.05, 0) is 31.3 Å². The number of likely N-dealkylation sites (N-methyl/N-ethyl adjacent to an activating group) is 1. The zero-order valence-electron chi connectivity index (χ0n) is 13.5. The molecule has 0 saturated carbocycles. The van der Waals surface area contributed by atoms with Crippen LogP contribution in [0.25, 0.3) is 0 Å². The molecule has 2 fully saturated rings. The van der Waals surface area contributed by atoms with Gasteiger partial charge >= 0.3 is 0 Å². The Morgan fingerprint density at radius 2 is 1.75 bits per heavy atom. The molecule has 2 aliphatic heterocycles. The Labute approximate surface area is 124 Å². The second-order valence-electron chi connectivity index (χ2n) is 6.68. The maximum atomic E-state index is 12.1. The number of carbonyl (C=O) groups excluding carboxylic acids is 1. The molecule has 0 aliphatic carbocycles. The maximum Gasteiger partial charge on any atom is 0.222 e. The van der Waals surface area contributed by atoms with Gasteiger partial charge in [-0.1, -0.05) is 20.8 Å². The van der Waals surface area contributed by atoms with Crippen LogP contribution in [0.3, 0.4) is 0 Å². The van der Waals surface area contributed by atoms with Gasteiger partial charge in [-0.2, -0.15) is 0 Å². The van der Waals surface area contributed by atoms with E-state index in [0.29, 0.717) is 5.91 Å². The fraction of sp³-hybridized carbons (Fsp3) is 0.938. The average Bonchev–Trinajstić information content (AvgIpc) is 2.40. The maximum absolute atomic E-state index is 12.1. The van der Waals surface area contributed by atoms with Crippen LogP contribution < -0.4 is 0 Å². The summed E-state index contributed by atoms with van der Waals surface area (Å²) >= 11 is 0. The first-order valence-corrected chi connectivity index (χ1v) is 8.32. The Morgan fingerprint density at radius 3 is 2.30 bits per heavy atom. The van der Waals surface area contributed by atoms with E-state index in [1.807, 2.05) is 0 Å². The van der Waals surface area contributed by atoms with E-state index in [-0.39, 0.29) is 0 Å². The summed E-state index contributed by atoms with van der Waals surface area (Å²) in [6.45, 7) is 15.4. The van der Waals surface area contributed by atoms with E-state index in [0.717, 1.165) is 63.9 Å². The Morgan fingerprint density at radius 1 is 1.10 bits per heavy atom. The molecule has 0 bridgehead atoms. The van der Waals surface area contributed by atoms with Gasteiger partial charge < -0.3 is 14.7 Å². The lowest BCUT2D eigenvalue weighted by atomic mass is 9.88. The van der Waals surface area contributed by atoms with E-state index in [2.05, 4.69) is 35.5 Å². The monoisotopic (exact) mass is 281 g/mol. The normalized spacial score (nSPS) is 22.3. The Balaban J connectivity index is 1.55. The summed E-state index contributed by atoms with van der Waals surface area (Å²) in [7, 11) is 0. The van der Waals surface area contributed by atoms with Gasteiger partial charge in [0.2, 0.25) is 5.91 Å². The summed E-state index contributed by atoms with van der Waals surface area (Å²) in [6.07, 6.45) is 1.76. The van der Waals surface area contributed by atoms with Crippen LogP contribution in [-0.4, -0.2) is 73.0 Å². The fourth-order valence-electron chi connectivity index (χ4n) is 3.14. The van der Waals surface area contributed by atoms with Crippen LogP contribution in [0.4, 0.5) is 0 Å². The van der Waals surface area contributed by atoms with Crippen molar-refractivity contribution in [1.29, 1.82) is 0 Å². The highest BCUT2D eigenvalue weighted by molar-refractivity contribution is 5.76. The number of rotatable bonds is 6. The molecule has 20 heavy (non-hydrogen) atoms. The minimum absolute atomic E-state index is 0.363. The predicted octanol–water partition coefficient (Wildman–Crippen LogP) is 1.52. The van der Waals surface area contributed by atoms with E-state index in [4.69, 9.17) is 0 Å². The Hall–Kier alpha value is -0.610. The van der Waals surface area contributed by atoms with Crippen LogP contribution in [0, 0.1) is 11.8 Å². The molecule has 4 heteroatoms. The molecule has 2 aliphatic rings. The van der Waals surface area contributed by atoms with Crippen molar-refractivity contribution in [2.75, 3.05) is 52.4 Å². The van der Waals surface area contributed by atoms with Crippen molar-refractivity contribution in [2.24, 2.45) is 11.8 Å². The van der Waals surface area contributed by atoms with E-state index < -0.39 is 0 Å². The molecule has 0 spiro atoms. The third kappa shape index (κ3) is 4.19. The standard InChI is InChI=1S/C16H31N3O/c1-4-17-8-10-19(11-9-17)16(20)6-5-7-18-12-15(13-18)14(2)3/h14-15H,4-13H2,1-3H3. The third-order valence-corrected chi connectivity index (χ3v) is 4.97. The molecule has 0 unspecified atom stereocenters. The number of amides is 1. The lowest BCUT2D eigenvalue weighted by molar-refractivity contribution is -0.133. The minimum Gasteiger partial charge on any atom is -0.340 e. The van der Waals surface area contributed by atoms with Gasteiger partial charge in [0, 0.05) is 45.7 Å². The molecule has 0 N–H and O–H groups in total. The quantitative estimate of drug-likeness (QED) is 0.738. The first-order chi connectivity index (χ1) is 9.60. The molecule has 2 saturated heterocycles. The fourth-order valence-corrected chi connectivity index (χ4v) is 3.14. The van der Waals surface area contributed by atoms with Crippen molar-refractivity contribution >= 4 is 5.91 Å². The summed E-state index contributed by atoms with van der Waals surface area (Å²) in [5, 5.41) is 0. The molecule has 2 heterocycles. The third-order valence-electron chi connectivity index (χ3n) is 4.97. The molecule has 0 aromatic rings. The van der Waals surface area contributed by atoms with E-state index in [1.54, 1.807) is 0 Å². The number of piperazine rings is 1. The minimum atomic E-state index is 0.363. The number of carbonyl (C=O) groups is 1. The first-order valence-electron chi connectivity index (χ1n) is 8.32. The molecule has 1 amide bonds. The summed E-state index contributed by atoms with van der Waals surface area (Å²) in [5.41, 5.74) is 0.